The normalized spacial score (nSPS) is 11.7. The van der Waals surface area contributed by atoms with Gasteiger partial charge in [0.2, 0.25) is 5.91 Å². The van der Waals surface area contributed by atoms with Crippen LogP contribution in [0.3, 0.4) is 0 Å². The van der Waals surface area contributed by atoms with Gasteiger partial charge in [-0.15, -0.1) is 0 Å². The third-order valence-corrected chi connectivity index (χ3v) is 4.52. The number of amides is 2. The molecule has 0 fully saturated rings. The van der Waals surface area contributed by atoms with Crippen LogP contribution in [0.25, 0.3) is 0 Å². The van der Waals surface area contributed by atoms with Crippen LogP contribution in [-0.2, 0) is 16.1 Å². The fourth-order valence-corrected chi connectivity index (χ4v) is 2.75. The summed E-state index contributed by atoms with van der Waals surface area (Å²) in [6, 6.07) is 16.8. The molecule has 0 saturated carbocycles. The zero-order chi connectivity index (χ0) is 19.8. The molecule has 1 atom stereocenters. The summed E-state index contributed by atoms with van der Waals surface area (Å²) < 4.78 is 5.66. The predicted molar refractivity (Wildman–Crippen MR) is 107 cm³/mol. The van der Waals surface area contributed by atoms with Gasteiger partial charge in [-0.25, -0.2) is 0 Å². The quantitative estimate of drug-likeness (QED) is 0.777. The van der Waals surface area contributed by atoms with Crippen molar-refractivity contribution in [2.24, 2.45) is 0 Å². The third kappa shape index (κ3) is 5.84. The summed E-state index contributed by atoms with van der Waals surface area (Å²) >= 11 is 0. The van der Waals surface area contributed by atoms with Gasteiger partial charge in [0.1, 0.15) is 11.8 Å². The lowest BCUT2D eigenvalue weighted by Gasteiger charge is -2.28. The Hall–Kier alpha value is -2.82. The number of likely N-dealkylation sites (N-methyl/N-ethyl adjacent to an activating group) is 1. The van der Waals surface area contributed by atoms with Crippen LogP contribution >= 0.6 is 0 Å². The van der Waals surface area contributed by atoms with Crippen molar-refractivity contribution in [2.75, 3.05) is 13.7 Å². The van der Waals surface area contributed by atoms with E-state index < -0.39 is 6.04 Å². The van der Waals surface area contributed by atoms with E-state index in [1.807, 2.05) is 54.6 Å². The van der Waals surface area contributed by atoms with Gasteiger partial charge in [0, 0.05) is 13.6 Å². The molecule has 5 heteroatoms. The first-order valence-electron chi connectivity index (χ1n) is 9.20. The molecule has 0 aliphatic rings. The van der Waals surface area contributed by atoms with Gasteiger partial charge in [-0.3, -0.25) is 9.59 Å². The highest BCUT2D eigenvalue weighted by molar-refractivity contribution is 5.87. The Morgan fingerprint density at radius 3 is 2.19 bits per heavy atom. The van der Waals surface area contributed by atoms with E-state index >= 15 is 0 Å². The molecule has 1 unspecified atom stereocenters. The number of benzene rings is 2. The molecule has 5 nitrogen and oxygen atoms in total. The number of nitrogens with one attached hydrogen (secondary N) is 1. The number of carbonyl (C=O) groups excluding carboxylic acids is 2. The lowest BCUT2D eigenvalue weighted by atomic mass is 10.0. The molecule has 2 amide bonds. The highest BCUT2D eigenvalue weighted by atomic mass is 16.5. The van der Waals surface area contributed by atoms with Gasteiger partial charge in [0.15, 0.2) is 6.61 Å². The maximum atomic E-state index is 12.8. The van der Waals surface area contributed by atoms with E-state index in [1.165, 1.54) is 10.5 Å². The minimum atomic E-state index is -0.588. The lowest BCUT2D eigenvalue weighted by Crippen LogP contribution is -2.48. The van der Waals surface area contributed by atoms with Crippen molar-refractivity contribution in [3.05, 3.63) is 65.7 Å². The van der Waals surface area contributed by atoms with E-state index in [2.05, 4.69) is 19.2 Å². The Morgan fingerprint density at radius 1 is 1.00 bits per heavy atom. The Balaban J connectivity index is 2.07. The van der Waals surface area contributed by atoms with E-state index in [-0.39, 0.29) is 18.4 Å². The first-order chi connectivity index (χ1) is 12.9. The minimum absolute atomic E-state index is 0.116. The number of ether oxygens (including phenoxy) is 1. The zero-order valence-electron chi connectivity index (χ0n) is 16.4. The number of hydrogen-bond acceptors (Lipinski definition) is 3. The second-order valence-electron chi connectivity index (χ2n) is 6.81. The van der Waals surface area contributed by atoms with Crippen molar-refractivity contribution in [3.63, 3.8) is 0 Å². The maximum Gasteiger partial charge on any atom is 0.261 e. The summed E-state index contributed by atoms with van der Waals surface area (Å²) in [7, 11) is 1.57. The zero-order valence-corrected chi connectivity index (χ0v) is 16.4. The number of hydrogen-bond donors (Lipinski definition) is 1. The van der Waals surface area contributed by atoms with Crippen molar-refractivity contribution < 1.29 is 14.3 Å². The maximum absolute atomic E-state index is 12.8. The monoisotopic (exact) mass is 368 g/mol. The highest BCUT2D eigenvalue weighted by Crippen LogP contribution is 2.19. The molecule has 0 radical (unpaired) electrons. The minimum Gasteiger partial charge on any atom is -0.484 e. The molecule has 0 spiro atoms. The van der Waals surface area contributed by atoms with E-state index in [4.69, 9.17) is 4.74 Å². The molecular formula is C22H28N2O3. The molecule has 0 aliphatic carbocycles. The van der Waals surface area contributed by atoms with E-state index in [9.17, 15) is 9.59 Å². The molecule has 0 saturated heterocycles. The number of carbonyl (C=O) groups is 2. The average Bonchev–Trinajstić information content (AvgIpc) is 2.70. The lowest BCUT2D eigenvalue weighted by molar-refractivity contribution is -0.142. The van der Waals surface area contributed by atoms with Crippen LogP contribution in [0.15, 0.2) is 54.6 Å². The van der Waals surface area contributed by atoms with Crippen LogP contribution in [0.1, 0.15) is 37.8 Å². The molecule has 2 aromatic rings. The van der Waals surface area contributed by atoms with Crippen LogP contribution in [-0.4, -0.2) is 36.4 Å². The third-order valence-electron chi connectivity index (χ3n) is 4.52. The molecular weight excluding hydrogens is 340 g/mol. The summed E-state index contributed by atoms with van der Waals surface area (Å²) in [6.45, 7) is 6.21. The first kappa shape index (κ1) is 20.5. The second kappa shape index (κ2) is 9.76. The molecule has 0 bridgehead atoms. The van der Waals surface area contributed by atoms with Crippen LogP contribution in [0.4, 0.5) is 0 Å². The van der Waals surface area contributed by atoms with Crippen LogP contribution in [0.5, 0.6) is 5.75 Å². The molecule has 2 aromatic carbocycles. The molecule has 0 aromatic heterocycles. The Labute approximate surface area is 161 Å². The highest BCUT2D eigenvalue weighted by Gasteiger charge is 2.25. The SMILES string of the molecule is CNC(=O)C(C)N(Cc1ccccc1)C(=O)COc1ccc(C(C)C)cc1. The topological polar surface area (TPSA) is 58.6 Å². The average molecular weight is 368 g/mol. The van der Waals surface area contributed by atoms with Gasteiger partial charge in [-0.1, -0.05) is 56.3 Å². The smallest absolute Gasteiger partial charge is 0.261 e. The summed E-state index contributed by atoms with van der Waals surface area (Å²) in [5.41, 5.74) is 2.18. The van der Waals surface area contributed by atoms with E-state index in [0.29, 0.717) is 18.2 Å². The molecule has 2 rings (SSSR count). The Morgan fingerprint density at radius 2 is 1.63 bits per heavy atom. The van der Waals surface area contributed by atoms with Gasteiger partial charge in [0.05, 0.1) is 0 Å². The Kier molecular flexibility index (Phi) is 7.41. The molecule has 1 N–H and O–H groups in total. The molecule has 0 heterocycles. The fourth-order valence-electron chi connectivity index (χ4n) is 2.75. The van der Waals surface area contributed by atoms with Gasteiger partial charge in [-0.05, 0) is 36.1 Å². The van der Waals surface area contributed by atoms with Gasteiger partial charge in [0.25, 0.3) is 5.91 Å². The van der Waals surface area contributed by atoms with Gasteiger partial charge in [-0.2, -0.15) is 0 Å². The van der Waals surface area contributed by atoms with Crippen molar-refractivity contribution in [1.29, 1.82) is 0 Å². The van der Waals surface area contributed by atoms with Crippen LogP contribution in [0, 0.1) is 0 Å². The second-order valence-corrected chi connectivity index (χ2v) is 6.81. The summed E-state index contributed by atoms with van der Waals surface area (Å²) in [5.74, 6) is 0.638. The standard InChI is InChI=1S/C22H28N2O3/c1-16(2)19-10-12-20(13-11-19)27-15-21(25)24(17(3)22(26)23-4)14-18-8-6-5-7-9-18/h5-13,16-17H,14-15H2,1-4H3,(H,23,26). The Bertz CT molecular complexity index is 742. The van der Waals surface area contributed by atoms with Crippen molar-refractivity contribution in [1.82, 2.24) is 10.2 Å². The summed E-state index contributed by atoms with van der Waals surface area (Å²) in [6.07, 6.45) is 0. The summed E-state index contributed by atoms with van der Waals surface area (Å²) in [5, 5.41) is 2.60. The largest absolute Gasteiger partial charge is 0.484 e. The van der Waals surface area contributed by atoms with E-state index in [0.717, 1.165) is 5.56 Å². The molecule has 27 heavy (non-hydrogen) atoms. The molecule has 144 valence electrons. The van der Waals surface area contributed by atoms with Gasteiger partial charge >= 0.3 is 0 Å². The van der Waals surface area contributed by atoms with Gasteiger partial charge < -0.3 is 15.0 Å². The van der Waals surface area contributed by atoms with Crippen molar-refractivity contribution in [3.8, 4) is 5.75 Å². The van der Waals surface area contributed by atoms with E-state index in [1.54, 1.807) is 14.0 Å². The molecule has 0 aliphatic heterocycles. The number of rotatable bonds is 8. The van der Waals surface area contributed by atoms with Crippen LogP contribution < -0.4 is 10.1 Å². The predicted octanol–water partition coefficient (Wildman–Crippen LogP) is 3.35. The fraction of sp³-hybridized carbons (Fsp3) is 0.364. The first-order valence-corrected chi connectivity index (χ1v) is 9.20. The van der Waals surface area contributed by atoms with Crippen molar-refractivity contribution >= 4 is 11.8 Å². The van der Waals surface area contributed by atoms with Crippen LogP contribution in [0.2, 0.25) is 0 Å². The van der Waals surface area contributed by atoms with Crippen molar-refractivity contribution in [2.45, 2.75) is 39.3 Å². The number of nitrogens with zero attached hydrogens (tertiary/aromatic N) is 1. The summed E-state index contributed by atoms with van der Waals surface area (Å²) in [4.78, 5) is 26.4.